The molecule has 37 heteroatoms. The topological polar surface area (TPSA) is 546 Å². The van der Waals surface area contributed by atoms with Crippen LogP contribution in [0.15, 0.2) is 11.8 Å². The Balaban J connectivity index is 1.16. The molecule has 18 unspecified atom stereocenters. The summed E-state index contributed by atoms with van der Waals surface area (Å²) in [6, 6.07) is 0. The van der Waals surface area contributed by atoms with E-state index in [4.69, 9.17) is 52.1 Å². The molecule has 464 valence electrons. The highest BCUT2D eigenvalue weighted by molar-refractivity contribution is 7.81. The van der Waals surface area contributed by atoms with Gasteiger partial charge >= 0.3 is 32.7 Å². The lowest BCUT2D eigenvalue weighted by molar-refractivity contribution is -0.309. The Labute approximate surface area is 455 Å². The molecule has 28 atom stereocenters. The first-order valence-corrected chi connectivity index (χ1v) is 27.6. The van der Waals surface area contributed by atoms with Crippen molar-refractivity contribution in [1.82, 2.24) is 0 Å². The van der Waals surface area contributed by atoms with Crippen LogP contribution in [-0.2, 0) is 90.9 Å². The van der Waals surface area contributed by atoms with E-state index in [1.807, 2.05) is 0 Å². The third kappa shape index (κ3) is 16.0. The van der Waals surface area contributed by atoms with E-state index >= 15 is 0 Å². The maximum atomic E-state index is 12.8. The number of aliphatic hydroxyl groups excluding tert-OH is 12. The first-order chi connectivity index (χ1) is 37.4. The Hall–Kier alpha value is -2.66. The van der Waals surface area contributed by atoms with Gasteiger partial charge in [-0.05, 0) is 26.8 Å². The molecule has 5 fully saturated rings. The number of hydrogen-bond donors (Lipinski definition) is 16. The number of ether oxygens (including phenoxy) is 11. The van der Waals surface area contributed by atoms with Crippen LogP contribution in [0.1, 0.15) is 20.8 Å². The summed E-state index contributed by atoms with van der Waals surface area (Å²) in [4.78, 5) is 24.5. The highest BCUT2D eigenvalue weighted by Gasteiger charge is 2.54. The molecule has 0 spiro atoms. The first-order valence-electron chi connectivity index (χ1n) is 24.9. The van der Waals surface area contributed by atoms with Crippen LogP contribution in [-0.4, -0.2) is 303 Å². The van der Waals surface area contributed by atoms with E-state index in [1.165, 1.54) is 20.8 Å². The average Bonchev–Trinajstić information content (AvgIpc) is 3.49. The quantitative estimate of drug-likeness (QED) is 0.0399. The number of rotatable bonds is 24. The molecule has 0 aliphatic carbocycles. The molecule has 6 rings (SSSR count). The zero-order chi connectivity index (χ0) is 59.5. The normalized spacial score (nSPS) is 44.9. The van der Waals surface area contributed by atoms with Crippen LogP contribution < -0.4 is 0 Å². The van der Waals surface area contributed by atoms with Gasteiger partial charge in [0.1, 0.15) is 67.1 Å². The number of carboxylic acid groups (broad SMARTS) is 2. The Morgan fingerprint density at radius 1 is 0.475 bits per heavy atom. The Kier molecular flexibility index (Phi) is 23.3. The summed E-state index contributed by atoms with van der Waals surface area (Å²) in [5.74, 6) is -10.6. The van der Waals surface area contributed by atoms with E-state index in [0.717, 1.165) is 0 Å². The minimum Gasteiger partial charge on any atom is -0.479 e. The van der Waals surface area contributed by atoms with Crippen molar-refractivity contribution in [2.75, 3.05) is 52.9 Å². The molecule has 0 aromatic carbocycles. The summed E-state index contributed by atoms with van der Waals surface area (Å²) in [7, 11) is -10.5. The fraction of sp³-hybridized carbons (Fsp3) is 0.907. The molecule has 16 N–H and O–H groups in total. The second-order valence-corrected chi connectivity index (χ2v) is 22.1. The number of aliphatic hydroxyl groups is 12. The Morgan fingerprint density at radius 3 is 1.40 bits per heavy atom. The van der Waals surface area contributed by atoms with Crippen molar-refractivity contribution in [3.05, 3.63) is 11.8 Å². The van der Waals surface area contributed by atoms with Gasteiger partial charge in [0.25, 0.3) is 0 Å². The van der Waals surface area contributed by atoms with Crippen LogP contribution in [0.5, 0.6) is 0 Å². The van der Waals surface area contributed by atoms with Gasteiger partial charge in [-0.3, -0.25) is 9.11 Å². The predicted octanol–water partition coefficient (Wildman–Crippen LogP) is -8.70. The van der Waals surface area contributed by atoms with Gasteiger partial charge in [-0.15, -0.1) is 0 Å². The molecular formula is C43H70O35S2. The lowest BCUT2D eigenvalue weighted by Crippen LogP contribution is -2.61. The van der Waals surface area contributed by atoms with Crippen molar-refractivity contribution < 1.29 is 167 Å². The second kappa shape index (κ2) is 28.0. The van der Waals surface area contributed by atoms with Crippen molar-refractivity contribution in [2.45, 2.75) is 162 Å². The molecule has 0 aromatic heterocycles. The van der Waals surface area contributed by atoms with Crippen LogP contribution in [0.2, 0.25) is 0 Å². The SMILES string of the molecule is CC1OC(CO)[C@@H](O)C(CO[C@@H]2OC(C)[C@@H](O)C(OS(=O)(=O)O)C2O)C1CO[C@@H]1OC(C(=O)O)[C@@H](COC[C@H]2OC(CO)[C@@H](O)C(CO[C@@H]3OC(C)[C@@H](O)C(OS(=O)(=O)O)C3O)C2CO[C@@H]2OC(C(=O)O)=CC(O)C2O)C(O)C1O. The summed E-state index contributed by atoms with van der Waals surface area (Å²) in [6.45, 7) is -1.63. The van der Waals surface area contributed by atoms with Gasteiger partial charge in [0.2, 0.25) is 12.0 Å². The van der Waals surface area contributed by atoms with Gasteiger partial charge in [-0.2, -0.15) is 16.8 Å². The highest BCUT2D eigenvalue weighted by Crippen LogP contribution is 2.38. The number of carbonyl (C=O) groups is 2. The van der Waals surface area contributed by atoms with E-state index in [-0.39, 0.29) is 0 Å². The third-order valence-electron chi connectivity index (χ3n) is 14.7. The van der Waals surface area contributed by atoms with Gasteiger partial charge in [0.05, 0.1) is 95.6 Å². The van der Waals surface area contributed by atoms with Crippen molar-refractivity contribution in [3.8, 4) is 0 Å². The van der Waals surface area contributed by atoms with E-state index in [1.54, 1.807) is 0 Å². The standard InChI is InChI=1S/C43H70O35S2/c1-13-16(18(28(49)23(5-44)71-13)10-69-42-33(54)36(77-79(60,61)62)26(47)14(2)72-42)8-67-41-32(53)30(51)20(35(76-41)39(58)59)7-66-12-25-17(9-68-40-31(52)21(46)4-22(75-40)38(56)57)19(29(50)24(6-45)74-25)11-70-43-34(55)37(78-80(63,64)65)27(48)15(3)73-43/h4,13-21,23-37,40-55H,5-12H2,1-3H3,(H,56,57)(H,58,59)(H,60,61,62)(H,63,64,65)/t13?,14?,15?,16?,17?,18?,19?,20-,21?,23?,24?,25+,26+,27+,28-,29-,30?,31?,32?,33?,34?,35?,36?,37?,40+,41+,42+,43+/m0/s1. The molecule has 0 bridgehead atoms. The number of hydrogen-bond acceptors (Lipinski definition) is 31. The molecule has 6 aliphatic heterocycles. The van der Waals surface area contributed by atoms with E-state index < -0.39 is 262 Å². The molecule has 80 heavy (non-hydrogen) atoms. The van der Waals surface area contributed by atoms with Gasteiger partial charge in [0.15, 0.2) is 25.0 Å². The van der Waals surface area contributed by atoms with Crippen LogP contribution in [0, 0.1) is 29.6 Å². The van der Waals surface area contributed by atoms with E-state index in [2.05, 4.69) is 8.37 Å². The summed E-state index contributed by atoms with van der Waals surface area (Å²) >= 11 is 0. The lowest BCUT2D eigenvalue weighted by Gasteiger charge is -2.47. The molecule has 0 amide bonds. The molecule has 0 saturated carbocycles. The molecule has 35 nitrogen and oxygen atoms in total. The summed E-state index contributed by atoms with van der Waals surface area (Å²) in [5.41, 5.74) is 0. The molecular weight excluding hydrogens is 1140 g/mol. The van der Waals surface area contributed by atoms with Gasteiger partial charge in [0, 0.05) is 29.6 Å². The lowest BCUT2D eigenvalue weighted by atomic mass is 9.79. The fourth-order valence-electron chi connectivity index (χ4n) is 10.3. The fourth-order valence-corrected chi connectivity index (χ4v) is 11.3. The molecule has 5 saturated heterocycles. The molecule has 0 radical (unpaired) electrons. The molecule has 6 heterocycles. The third-order valence-corrected chi connectivity index (χ3v) is 15.7. The van der Waals surface area contributed by atoms with E-state index in [9.17, 15) is 107 Å². The van der Waals surface area contributed by atoms with Crippen LogP contribution in [0.25, 0.3) is 0 Å². The minimum absolute atomic E-state index is 0.559. The van der Waals surface area contributed by atoms with Gasteiger partial charge in [-0.25, -0.2) is 18.0 Å². The zero-order valence-electron chi connectivity index (χ0n) is 42.6. The summed E-state index contributed by atoms with van der Waals surface area (Å²) in [6.07, 6.45) is -39.3. The summed E-state index contributed by atoms with van der Waals surface area (Å²) in [5, 5.41) is 149. The second-order valence-electron chi connectivity index (χ2n) is 20.0. The molecule has 6 aliphatic rings. The van der Waals surface area contributed by atoms with Crippen LogP contribution in [0.3, 0.4) is 0 Å². The monoisotopic (exact) mass is 1210 g/mol. The van der Waals surface area contributed by atoms with Crippen molar-refractivity contribution in [1.29, 1.82) is 0 Å². The first kappa shape index (κ1) is 66.5. The summed E-state index contributed by atoms with van der Waals surface area (Å²) < 4.78 is 136. The number of carboxylic acids is 2. The Bertz CT molecular complexity index is 2280. The van der Waals surface area contributed by atoms with E-state index in [0.29, 0.717) is 6.08 Å². The average molecular weight is 1210 g/mol. The van der Waals surface area contributed by atoms with Crippen LogP contribution >= 0.6 is 0 Å². The smallest absolute Gasteiger partial charge is 0.397 e. The molecule has 0 aromatic rings. The largest absolute Gasteiger partial charge is 0.479 e. The maximum absolute atomic E-state index is 12.8. The zero-order valence-corrected chi connectivity index (χ0v) is 44.3. The number of aliphatic carboxylic acids is 2. The van der Waals surface area contributed by atoms with Crippen molar-refractivity contribution in [2.24, 2.45) is 29.6 Å². The maximum Gasteiger partial charge on any atom is 0.397 e. The van der Waals surface area contributed by atoms with Crippen molar-refractivity contribution >= 4 is 32.7 Å². The van der Waals surface area contributed by atoms with Crippen LogP contribution in [0.4, 0.5) is 0 Å². The Morgan fingerprint density at radius 2 is 0.925 bits per heavy atom. The van der Waals surface area contributed by atoms with Gasteiger partial charge < -0.3 is 124 Å². The predicted molar refractivity (Wildman–Crippen MR) is 248 cm³/mol. The highest BCUT2D eigenvalue weighted by atomic mass is 32.3. The van der Waals surface area contributed by atoms with Gasteiger partial charge in [-0.1, -0.05) is 0 Å². The minimum atomic E-state index is -5.27. The van der Waals surface area contributed by atoms with Crippen molar-refractivity contribution in [3.63, 3.8) is 0 Å².